The van der Waals surface area contributed by atoms with Gasteiger partial charge in [0.1, 0.15) is 0 Å². The zero-order chi connectivity index (χ0) is 17.4. The molecule has 1 saturated heterocycles. The molecule has 0 spiro atoms. The van der Waals surface area contributed by atoms with E-state index in [4.69, 9.17) is 0 Å². The molecule has 1 unspecified atom stereocenters. The molecule has 8 heteroatoms. The molecule has 0 N–H and O–H groups in total. The molecule has 1 aromatic rings. The minimum absolute atomic E-state index is 0.0244. The van der Waals surface area contributed by atoms with Gasteiger partial charge in [-0.15, -0.1) is 10.2 Å². The monoisotopic (exact) mass is 330 g/mol. The van der Waals surface area contributed by atoms with E-state index in [-0.39, 0.29) is 31.1 Å². The van der Waals surface area contributed by atoms with Gasteiger partial charge < -0.3 is 9.80 Å². The van der Waals surface area contributed by atoms with E-state index in [1.54, 1.807) is 45.0 Å². The summed E-state index contributed by atoms with van der Waals surface area (Å²) in [6, 6.07) is 3.18. The molecule has 5 nitrogen and oxygen atoms in total. The highest BCUT2D eigenvalue weighted by Crippen LogP contribution is 2.45. The van der Waals surface area contributed by atoms with Gasteiger partial charge in [0, 0.05) is 27.2 Å². The Morgan fingerprint density at radius 3 is 2.39 bits per heavy atom. The Balaban J connectivity index is 2.14. The summed E-state index contributed by atoms with van der Waals surface area (Å²) in [5.41, 5.74) is -0.695. The summed E-state index contributed by atoms with van der Waals surface area (Å²) in [5, 5.41) is 7.89. The largest absolute Gasteiger partial charge is 0.392 e. The van der Waals surface area contributed by atoms with Gasteiger partial charge >= 0.3 is 6.18 Å². The third-order valence-corrected chi connectivity index (χ3v) is 4.22. The van der Waals surface area contributed by atoms with Crippen LogP contribution in [0.25, 0.3) is 0 Å². The Labute approximate surface area is 133 Å². The topological polar surface area (TPSA) is 49.3 Å². The molecule has 2 rings (SSSR count). The van der Waals surface area contributed by atoms with Crippen molar-refractivity contribution in [3.8, 4) is 0 Å². The van der Waals surface area contributed by atoms with Crippen LogP contribution in [-0.2, 0) is 0 Å². The Morgan fingerprint density at radius 2 is 1.96 bits per heavy atom. The molecule has 128 valence electrons. The van der Waals surface area contributed by atoms with E-state index in [0.717, 1.165) is 0 Å². The van der Waals surface area contributed by atoms with E-state index in [0.29, 0.717) is 5.82 Å². The van der Waals surface area contributed by atoms with Crippen molar-refractivity contribution in [2.24, 2.45) is 11.3 Å². The summed E-state index contributed by atoms with van der Waals surface area (Å²) in [6.45, 7) is 3.75. The molecule has 0 aromatic carbocycles. The van der Waals surface area contributed by atoms with Gasteiger partial charge in [-0.2, -0.15) is 13.2 Å². The molecule has 23 heavy (non-hydrogen) atoms. The molecule has 1 aromatic heterocycles. The molecule has 1 fully saturated rings. The number of aromatic nitrogens is 2. The number of anilines is 1. The molecular weight excluding hydrogens is 309 g/mol. The Morgan fingerprint density at radius 1 is 1.30 bits per heavy atom. The van der Waals surface area contributed by atoms with Crippen LogP contribution in [0.3, 0.4) is 0 Å². The summed E-state index contributed by atoms with van der Waals surface area (Å²) in [4.78, 5) is 15.0. The minimum atomic E-state index is -4.19. The number of nitrogens with zero attached hydrogens (tertiary/aromatic N) is 4. The minimum Gasteiger partial charge on any atom is -0.355 e. The van der Waals surface area contributed by atoms with Gasteiger partial charge in [-0.3, -0.25) is 4.79 Å². The lowest BCUT2D eigenvalue weighted by molar-refractivity contribution is -0.206. The van der Waals surface area contributed by atoms with Crippen LogP contribution in [0.4, 0.5) is 19.0 Å². The van der Waals surface area contributed by atoms with Crippen molar-refractivity contribution in [2.45, 2.75) is 26.4 Å². The van der Waals surface area contributed by atoms with Gasteiger partial charge in [-0.05, 0) is 24.0 Å². The summed E-state index contributed by atoms with van der Waals surface area (Å²) in [7, 11) is 3.23. The first-order valence-corrected chi connectivity index (χ1v) is 7.39. The fourth-order valence-corrected chi connectivity index (χ4v) is 3.00. The van der Waals surface area contributed by atoms with Crippen molar-refractivity contribution in [1.82, 2.24) is 15.1 Å². The van der Waals surface area contributed by atoms with Gasteiger partial charge in [-0.25, -0.2) is 0 Å². The molecule has 0 radical (unpaired) electrons. The lowest BCUT2D eigenvalue weighted by atomic mass is 9.73. The lowest BCUT2D eigenvalue weighted by Crippen LogP contribution is -2.51. The molecular formula is C15H21F3N4O. The van der Waals surface area contributed by atoms with Crippen LogP contribution in [0.2, 0.25) is 0 Å². The lowest BCUT2D eigenvalue weighted by Gasteiger charge is -2.45. The number of amides is 1. The maximum atomic E-state index is 13.1. The number of hydrogen-bond donors (Lipinski definition) is 0. The Kier molecular flexibility index (Phi) is 4.54. The number of halogens is 3. The third kappa shape index (κ3) is 3.73. The number of piperidine rings is 1. The van der Waals surface area contributed by atoms with Crippen LogP contribution in [0.1, 0.15) is 30.8 Å². The highest BCUT2D eigenvalue weighted by molar-refractivity contribution is 5.91. The average Bonchev–Trinajstić information content (AvgIpc) is 2.44. The molecule has 0 saturated carbocycles. The van der Waals surface area contributed by atoms with Crippen molar-refractivity contribution in [3.05, 3.63) is 17.8 Å². The van der Waals surface area contributed by atoms with Crippen molar-refractivity contribution in [3.63, 3.8) is 0 Å². The van der Waals surface area contributed by atoms with E-state index in [2.05, 4.69) is 10.2 Å². The molecule has 2 heterocycles. The second kappa shape index (κ2) is 5.98. The van der Waals surface area contributed by atoms with Gasteiger partial charge in [0.15, 0.2) is 11.5 Å². The second-order valence-corrected chi connectivity index (χ2v) is 6.77. The fourth-order valence-electron chi connectivity index (χ4n) is 3.00. The maximum absolute atomic E-state index is 13.1. The standard InChI is InChI=1S/C15H21F3N4O/c1-14(2)9-22(8-7-11(14)15(16,17)18)12-6-5-10(19-20-12)13(23)21(3)4/h5-6,11H,7-9H2,1-4H3. The molecule has 1 amide bonds. The molecule has 0 bridgehead atoms. The number of carbonyl (C=O) groups is 1. The Bertz CT molecular complexity index is 569. The van der Waals surface area contributed by atoms with Crippen LogP contribution in [0.15, 0.2) is 12.1 Å². The normalized spacial score (nSPS) is 21.2. The number of hydrogen-bond acceptors (Lipinski definition) is 4. The highest BCUT2D eigenvalue weighted by Gasteiger charge is 2.51. The first-order valence-electron chi connectivity index (χ1n) is 7.39. The van der Waals surface area contributed by atoms with Gasteiger partial charge in [0.25, 0.3) is 5.91 Å². The van der Waals surface area contributed by atoms with E-state index < -0.39 is 17.5 Å². The molecule has 1 atom stereocenters. The summed E-state index contributed by atoms with van der Waals surface area (Å²) in [5.74, 6) is -1.09. The average molecular weight is 330 g/mol. The van der Waals surface area contributed by atoms with Crippen LogP contribution < -0.4 is 4.90 Å². The SMILES string of the molecule is CN(C)C(=O)c1ccc(N2CCC(C(F)(F)F)C(C)(C)C2)nn1. The van der Waals surface area contributed by atoms with Gasteiger partial charge in [0.2, 0.25) is 0 Å². The van der Waals surface area contributed by atoms with Crippen LogP contribution in [0.5, 0.6) is 0 Å². The zero-order valence-electron chi connectivity index (χ0n) is 13.7. The number of rotatable bonds is 2. The second-order valence-electron chi connectivity index (χ2n) is 6.77. The summed E-state index contributed by atoms with van der Waals surface area (Å²) in [6.07, 6.45) is -4.17. The van der Waals surface area contributed by atoms with Crippen molar-refractivity contribution < 1.29 is 18.0 Å². The van der Waals surface area contributed by atoms with Gasteiger partial charge in [-0.1, -0.05) is 13.8 Å². The van der Waals surface area contributed by atoms with E-state index in [1.165, 1.54) is 4.90 Å². The van der Waals surface area contributed by atoms with Crippen LogP contribution in [-0.4, -0.2) is 54.4 Å². The van der Waals surface area contributed by atoms with Crippen LogP contribution >= 0.6 is 0 Å². The third-order valence-electron chi connectivity index (χ3n) is 4.22. The fraction of sp³-hybridized carbons (Fsp3) is 0.667. The molecule has 1 aliphatic rings. The van der Waals surface area contributed by atoms with Crippen LogP contribution in [0, 0.1) is 11.3 Å². The quantitative estimate of drug-likeness (QED) is 0.836. The number of carbonyl (C=O) groups excluding carboxylic acids is 1. The van der Waals surface area contributed by atoms with E-state index >= 15 is 0 Å². The first-order chi connectivity index (χ1) is 10.5. The predicted molar refractivity (Wildman–Crippen MR) is 80.2 cm³/mol. The van der Waals surface area contributed by atoms with E-state index in [1.807, 2.05) is 0 Å². The van der Waals surface area contributed by atoms with E-state index in [9.17, 15) is 18.0 Å². The zero-order valence-corrected chi connectivity index (χ0v) is 13.7. The smallest absolute Gasteiger partial charge is 0.355 e. The van der Waals surface area contributed by atoms with Gasteiger partial charge in [0.05, 0.1) is 5.92 Å². The van der Waals surface area contributed by atoms with Crippen molar-refractivity contribution in [2.75, 3.05) is 32.1 Å². The van der Waals surface area contributed by atoms with Crippen molar-refractivity contribution >= 4 is 11.7 Å². The number of alkyl halides is 3. The summed E-state index contributed by atoms with van der Waals surface area (Å²) >= 11 is 0. The molecule has 1 aliphatic heterocycles. The predicted octanol–water partition coefficient (Wildman–Crippen LogP) is 2.59. The Hall–Kier alpha value is -1.86. The summed E-state index contributed by atoms with van der Waals surface area (Å²) < 4.78 is 39.3. The van der Waals surface area contributed by atoms with Crippen molar-refractivity contribution in [1.29, 1.82) is 0 Å². The molecule has 0 aliphatic carbocycles. The highest BCUT2D eigenvalue weighted by atomic mass is 19.4. The maximum Gasteiger partial charge on any atom is 0.392 e. The first kappa shape index (κ1) is 17.5.